The molecule has 3 heterocycles. The van der Waals surface area contributed by atoms with Crippen molar-refractivity contribution in [3.05, 3.63) is 23.0 Å². The van der Waals surface area contributed by atoms with Gasteiger partial charge < -0.3 is 14.1 Å². The first-order valence-corrected chi connectivity index (χ1v) is 13.5. The maximum Gasteiger partial charge on any atom is 0.306 e. The number of likely N-dealkylation sites (tertiary alicyclic amines) is 1. The second-order valence-corrected chi connectivity index (χ2v) is 11.7. The summed E-state index contributed by atoms with van der Waals surface area (Å²) in [6, 6.07) is 2.43. The van der Waals surface area contributed by atoms with E-state index in [4.69, 9.17) is 15.8 Å². The number of fused-ring (bicyclic) bond motifs is 3. The summed E-state index contributed by atoms with van der Waals surface area (Å²) >= 11 is 6.52. The van der Waals surface area contributed by atoms with E-state index in [1.807, 2.05) is 11.8 Å². The molecule has 4 atom stereocenters. The first-order valence-electron chi connectivity index (χ1n) is 11.3. The van der Waals surface area contributed by atoms with E-state index in [0.29, 0.717) is 29.4 Å². The summed E-state index contributed by atoms with van der Waals surface area (Å²) in [4.78, 5) is 23.2. The second kappa shape index (κ2) is 8.80. The Morgan fingerprint density at radius 3 is 2.94 bits per heavy atom. The average molecular weight is 493 g/mol. The van der Waals surface area contributed by atoms with Crippen molar-refractivity contribution < 1.29 is 17.4 Å². The van der Waals surface area contributed by atoms with Crippen LogP contribution in [0.3, 0.4) is 0 Å². The van der Waals surface area contributed by atoms with E-state index < -0.39 is 16.0 Å². The van der Waals surface area contributed by atoms with Crippen LogP contribution in [-0.2, 0) is 14.9 Å². The molecule has 10 heteroatoms. The number of hydrogen-bond donors (Lipinski definition) is 1. The zero-order valence-corrected chi connectivity index (χ0v) is 20.7. The van der Waals surface area contributed by atoms with Crippen molar-refractivity contribution in [2.75, 3.05) is 6.26 Å². The number of halogens is 1. The fourth-order valence-electron chi connectivity index (χ4n) is 5.74. The maximum atomic E-state index is 13.9. The summed E-state index contributed by atoms with van der Waals surface area (Å²) in [5.74, 6) is -0.597. The number of rotatable bonds is 6. The summed E-state index contributed by atoms with van der Waals surface area (Å²) in [5.41, 5.74) is 1.32. The molecule has 8 nitrogen and oxygen atoms in total. The molecule has 1 saturated heterocycles. The van der Waals surface area contributed by atoms with E-state index in [9.17, 15) is 18.5 Å². The smallest absolute Gasteiger partial charge is 0.306 e. The zero-order chi connectivity index (χ0) is 24.0. The Hall–Kier alpha value is -2.31. The van der Waals surface area contributed by atoms with Crippen LogP contribution in [0.1, 0.15) is 70.3 Å². The van der Waals surface area contributed by atoms with Gasteiger partial charge in [0.15, 0.2) is 5.75 Å². The average Bonchev–Trinajstić information content (AvgIpc) is 3.17. The third-order valence-electron chi connectivity index (χ3n) is 7.12. The minimum Gasteiger partial charge on any atom is -0.379 e. The number of aromatic nitrogens is 2. The lowest BCUT2D eigenvalue weighted by Crippen LogP contribution is -2.57. The largest absolute Gasteiger partial charge is 0.379 e. The molecule has 33 heavy (non-hydrogen) atoms. The van der Waals surface area contributed by atoms with Gasteiger partial charge in [-0.15, -0.1) is 0 Å². The number of nitrogens with one attached hydrogen (secondary N) is 1. The van der Waals surface area contributed by atoms with Crippen molar-refractivity contribution in [2.45, 2.75) is 76.8 Å². The number of carbonyl (C=O) groups excluding carboxylic acids is 1. The standard InChI is InChI=1S/C23H29ClN4O4S/c1-14(17-12-26-21-19(17)20(24)18(13-27-21)32-33(3,30)31)22(29)28-15-6-4-8-23(2,10-15)11-16(28)7-5-9-25/h12-16H,4-8,10-11H2,1-3H3,(H,26,27). The molecule has 0 spiro atoms. The lowest BCUT2D eigenvalue weighted by molar-refractivity contribution is -0.145. The van der Waals surface area contributed by atoms with Gasteiger partial charge in [-0.25, -0.2) is 4.98 Å². The summed E-state index contributed by atoms with van der Waals surface area (Å²) in [6.07, 6.45) is 10.1. The number of carbonyl (C=O) groups is 1. The van der Waals surface area contributed by atoms with E-state index in [2.05, 4.69) is 23.0 Å². The number of nitriles is 1. The number of piperidine rings is 1. The molecule has 1 aliphatic heterocycles. The van der Waals surface area contributed by atoms with Gasteiger partial charge in [0.1, 0.15) is 5.65 Å². The molecule has 2 aliphatic rings. The van der Waals surface area contributed by atoms with Gasteiger partial charge in [-0.2, -0.15) is 13.7 Å². The predicted octanol–water partition coefficient (Wildman–Crippen LogP) is 4.51. The van der Waals surface area contributed by atoms with Crippen LogP contribution in [0.25, 0.3) is 11.0 Å². The van der Waals surface area contributed by atoms with E-state index in [1.165, 1.54) is 6.20 Å². The summed E-state index contributed by atoms with van der Waals surface area (Å²) in [6.45, 7) is 4.14. The Kier molecular flexibility index (Phi) is 6.36. The Bertz CT molecular complexity index is 1220. The number of hydrogen-bond acceptors (Lipinski definition) is 6. The molecule has 1 saturated carbocycles. The van der Waals surface area contributed by atoms with Crippen LogP contribution in [0, 0.1) is 16.7 Å². The monoisotopic (exact) mass is 492 g/mol. The van der Waals surface area contributed by atoms with E-state index in [-0.39, 0.29) is 34.2 Å². The van der Waals surface area contributed by atoms with Crippen molar-refractivity contribution in [2.24, 2.45) is 5.41 Å². The van der Waals surface area contributed by atoms with Crippen LogP contribution in [0.2, 0.25) is 5.02 Å². The van der Waals surface area contributed by atoms with Gasteiger partial charge in [-0.1, -0.05) is 24.9 Å². The molecular weight excluding hydrogens is 464 g/mol. The third-order valence-corrected chi connectivity index (χ3v) is 7.98. The van der Waals surface area contributed by atoms with Gasteiger partial charge in [0.2, 0.25) is 5.91 Å². The minimum absolute atomic E-state index is 0.00158. The van der Waals surface area contributed by atoms with Crippen molar-refractivity contribution >= 4 is 38.7 Å². The van der Waals surface area contributed by atoms with Crippen molar-refractivity contribution in [3.63, 3.8) is 0 Å². The number of aromatic amines is 1. The summed E-state index contributed by atoms with van der Waals surface area (Å²) in [7, 11) is -3.79. The van der Waals surface area contributed by atoms with Crippen molar-refractivity contribution in [1.82, 2.24) is 14.9 Å². The van der Waals surface area contributed by atoms with Gasteiger partial charge in [0, 0.05) is 30.1 Å². The quantitative estimate of drug-likeness (QED) is 0.593. The fourth-order valence-corrected chi connectivity index (χ4v) is 6.52. The SMILES string of the molecule is CC(C(=O)N1C(CCC#N)CC2(C)CCCC1C2)c1c[nH]c2ncc(OS(C)(=O)=O)c(Cl)c12. The van der Waals surface area contributed by atoms with Crippen molar-refractivity contribution in [1.29, 1.82) is 5.26 Å². The molecule has 1 amide bonds. The second-order valence-electron chi connectivity index (χ2n) is 9.77. The number of pyridine rings is 1. The van der Waals surface area contributed by atoms with Crippen LogP contribution in [0.5, 0.6) is 5.75 Å². The molecule has 2 aromatic rings. The molecule has 2 bridgehead atoms. The highest BCUT2D eigenvalue weighted by Crippen LogP contribution is 2.49. The molecule has 1 N–H and O–H groups in total. The number of nitrogens with zero attached hydrogens (tertiary/aromatic N) is 3. The first kappa shape index (κ1) is 23.8. The highest BCUT2D eigenvalue weighted by atomic mass is 35.5. The minimum atomic E-state index is -3.79. The first-order chi connectivity index (χ1) is 15.5. The predicted molar refractivity (Wildman–Crippen MR) is 125 cm³/mol. The highest BCUT2D eigenvalue weighted by Gasteiger charge is 2.46. The van der Waals surface area contributed by atoms with Crippen LogP contribution < -0.4 is 4.18 Å². The number of amides is 1. The van der Waals surface area contributed by atoms with Crippen LogP contribution in [0.15, 0.2) is 12.4 Å². The Morgan fingerprint density at radius 1 is 1.48 bits per heavy atom. The molecule has 2 aromatic heterocycles. The third kappa shape index (κ3) is 4.69. The maximum absolute atomic E-state index is 13.9. The molecule has 4 rings (SSSR count). The van der Waals surface area contributed by atoms with E-state index in [0.717, 1.165) is 38.4 Å². The Labute approximate surface area is 199 Å². The normalized spacial score (nSPS) is 26.1. The van der Waals surface area contributed by atoms with Gasteiger partial charge >= 0.3 is 10.1 Å². The molecule has 0 radical (unpaired) electrons. The van der Waals surface area contributed by atoms with Gasteiger partial charge in [-0.05, 0) is 50.0 Å². The molecule has 4 unspecified atom stereocenters. The summed E-state index contributed by atoms with van der Waals surface area (Å²) in [5, 5.41) is 9.76. The molecule has 0 aromatic carbocycles. The van der Waals surface area contributed by atoms with E-state index in [1.54, 1.807) is 6.20 Å². The molecule has 178 valence electrons. The number of H-pyrrole nitrogens is 1. The van der Waals surface area contributed by atoms with Gasteiger partial charge in [-0.3, -0.25) is 4.79 Å². The van der Waals surface area contributed by atoms with Crippen LogP contribution in [0.4, 0.5) is 0 Å². The zero-order valence-electron chi connectivity index (χ0n) is 19.1. The van der Waals surface area contributed by atoms with E-state index >= 15 is 0 Å². The van der Waals surface area contributed by atoms with Crippen molar-refractivity contribution in [3.8, 4) is 11.8 Å². The topological polar surface area (TPSA) is 116 Å². The Balaban J connectivity index is 1.69. The lowest BCUT2D eigenvalue weighted by Gasteiger charge is -2.53. The molecule has 1 aliphatic carbocycles. The Morgan fingerprint density at radius 2 is 2.24 bits per heavy atom. The lowest BCUT2D eigenvalue weighted by atomic mass is 9.65. The van der Waals surface area contributed by atoms with Crippen LogP contribution >= 0.6 is 11.6 Å². The van der Waals surface area contributed by atoms with Crippen LogP contribution in [-0.4, -0.2) is 47.5 Å². The fraction of sp³-hybridized carbons (Fsp3) is 0.609. The van der Waals surface area contributed by atoms with Gasteiger partial charge in [0.25, 0.3) is 0 Å². The van der Waals surface area contributed by atoms with Gasteiger partial charge in [0.05, 0.1) is 29.5 Å². The summed E-state index contributed by atoms with van der Waals surface area (Å²) < 4.78 is 28.2. The molecule has 2 fully saturated rings. The molecular formula is C23H29ClN4O4S. The highest BCUT2D eigenvalue weighted by molar-refractivity contribution is 7.86.